The summed E-state index contributed by atoms with van der Waals surface area (Å²) in [6.07, 6.45) is 1.10. The van der Waals surface area contributed by atoms with Crippen molar-refractivity contribution in [3.8, 4) is 6.07 Å². The molecule has 0 radical (unpaired) electrons. The third kappa shape index (κ3) is 5.20. The average molecular weight is 246 g/mol. The zero-order chi connectivity index (χ0) is 13.4. The molecular weight excluding hydrogens is 224 g/mol. The molecule has 98 valence electrons. The standard InChI is InChI=1S/C15H22N2O/c1-13(2)7-9-18-10-8-17(3)15-6-4-5-14(11-15)12-16/h4-6,11,13H,7-10H2,1-3H3. The summed E-state index contributed by atoms with van der Waals surface area (Å²) in [5.74, 6) is 0.690. The Balaban J connectivity index is 2.32. The Labute approximate surface area is 110 Å². The van der Waals surface area contributed by atoms with Crippen LogP contribution >= 0.6 is 0 Å². The predicted octanol–water partition coefficient (Wildman–Crippen LogP) is 3.06. The number of likely N-dealkylation sites (N-methyl/N-ethyl adjacent to an activating group) is 1. The number of anilines is 1. The maximum absolute atomic E-state index is 8.85. The molecule has 0 N–H and O–H groups in total. The lowest BCUT2D eigenvalue weighted by atomic mass is 10.1. The van der Waals surface area contributed by atoms with E-state index in [1.165, 1.54) is 0 Å². The molecule has 3 heteroatoms. The number of hydrogen-bond acceptors (Lipinski definition) is 3. The molecule has 0 aliphatic heterocycles. The van der Waals surface area contributed by atoms with Crippen LogP contribution in [0.4, 0.5) is 5.69 Å². The first-order chi connectivity index (χ1) is 8.63. The maximum atomic E-state index is 8.85. The molecule has 0 aliphatic carbocycles. The van der Waals surface area contributed by atoms with Crippen LogP contribution in [0.3, 0.4) is 0 Å². The van der Waals surface area contributed by atoms with Gasteiger partial charge < -0.3 is 9.64 Å². The smallest absolute Gasteiger partial charge is 0.0992 e. The van der Waals surface area contributed by atoms with Gasteiger partial charge in [0.2, 0.25) is 0 Å². The second-order valence-electron chi connectivity index (χ2n) is 4.88. The van der Waals surface area contributed by atoms with Gasteiger partial charge in [0.25, 0.3) is 0 Å². The molecule has 1 aromatic carbocycles. The number of benzene rings is 1. The first-order valence-corrected chi connectivity index (χ1v) is 6.42. The van der Waals surface area contributed by atoms with E-state index in [4.69, 9.17) is 10.00 Å². The first kappa shape index (κ1) is 14.5. The third-order valence-electron chi connectivity index (χ3n) is 2.83. The molecule has 0 fully saturated rings. The zero-order valence-electron chi connectivity index (χ0n) is 11.5. The van der Waals surface area contributed by atoms with Crippen molar-refractivity contribution in [3.05, 3.63) is 29.8 Å². The molecule has 0 atom stereocenters. The monoisotopic (exact) mass is 246 g/mol. The van der Waals surface area contributed by atoms with Crippen molar-refractivity contribution in [2.24, 2.45) is 5.92 Å². The Bertz CT molecular complexity index is 396. The van der Waals surface area contributed by atoms with Gasteiger partial charge in [0, 0.05) is 25.9 Å². The van der Waals surface area contributed by atoms with Crippen molar-refractivity contribution >= 4 is 5.69 Å². The van der Waals surface area contributed by atoms with E-state index in [1.54, 1.807) is 0 Å². The normalized spacial score (nSPS) is 10.4. The topological polar surface area (TPSA) is 36.3 Å². The molecule has 0 unspecified atom stereocenters. The highest BCUT2D eigenvalue weighted by atomic mass is 16.5. The lowest BCUT2D eigenvalue weighted by Crippen LogP contribution is -2.22. The van der Waals surface area contributed by atoms with E-state index < -0.39 is 0 Å². The maximum Gasteiger partial charge on any atom is 0.0992 e. The largest absolute Gasteiger partial charge is 0.380 e. The van der Waals surface area contributed by atoms with Crippen LogP contribution in [0.15, 0.2) is 24.3 Å². The van der Waals surface area contributed by atoms with E-state index in [-0.39, 0.29) is 0 Å². The van der Waals surface area contributed by atoms with E-state index in [2.05, 4.69) is 24.8 Å². The Morgan fingerprint density at radius 3 is 2.78 bits per heavy atom. The highest BCUT2D eigenvalue weighted by Crippen LogP contribution is 2.13. The molecule has 0 saturated carbocycles. The van der Waals surface area contributed by atoms with Crippen molar-refractivity contribution in [1.29, 1.82) is 5.26 Å². The highest BCUT2D eigenvalue weighted by Gasteiger charge is 2.02. The second-order valence-corrected chi connectivity index (χ2v) is 4.88. The SMILES string of the molecule is CC(C)CCOCCN(C)c1cccc(C#N)c1. The number of ether oxygens (including phenoxy) is 1. The Hall–Kier alpha value is -1.53. The molecule has 0 aromatic heterocycles. The number of rotatable bonds is 7. The lowest BCUT2D eigenvalue weighted by Gasteiger charge is -2.19. The summed E-state index contributed by atoms with van der Waals surface area (Å²) >= 11 is 0. The van der Waals surface area contributed by atoms with Gasteiger partial charge >= 0.3 is 0 Å². The van der Waals surface area contributed by atoms with E-state index in [1.807, 2.05) is 31.3 Å². The van der Waals surface area contributed by atoms with Gasteiger partial charge in [-0.25, -0.2) is 0 Å². The molecule has 0 heterocycles. The van der Waals surface area contributed by atoms with Gasteiger partial charge in [-0.3, -0.25) is 0 Å². The number of hydrogen-bond donors (Lipinski definition) is 0. The van der Waals surface area contributed by atoms with Crippen LogP contribution in [0.25, 0.3) is 0 Å². The van der Waals surface area contributed by atoms with Crippen LogP contribution in [-0.4, -0.2) is 26.8 Å². The molecule has 1 aromatic rings. The summed E-state index contributed by atoms with van der Waals surface area (Å²) in [7, 11) is 2.02. The van der Waals surface area contributed by atoms with Crippen molar-refractivity contribution in [3.63, 3.8) is 0 Å². The van der Waals surface area contributed by atoms with Crippen LogP contribution in [0.2, 0.25) is 0 Å². The van der Waals surface area contributed by atoms with Crippen LogP contribution < -0.4 is 4.90 Å². The first-order valence-electron chi connectivity index (χ1n) is 6.42. The minimum atomic E-state index is 0.690. The van der Waals surface area contributed by atoms with Crippen molar-refractivity contribution < 1.29 is 4.74 Å². The fourth-order valence-corrected chi connectivity index (χ4v) is 1.56. The van der Waals surface area contributed by atoms with Crippen LogP contribution in [0.1, 0.15) is 25.8 Å². The molecule has 3 nitrogen and oxygen atoms in total. The molecular formula is C15H22N2O. The fraction of sp³-hybridized carbons (Fsp3) is 0.533. The van der Waals surface area contributed by atoms with Gasteiger partial charge in [-0.05, 0) is 30.5 Å². The molecule has 18 heavy (non-hydrogen) atoms. The fourth-order valence-electron chi connectivity index (χ4n) is 1.56. The zero-order valence-corrected chi connectivity index (χ0v) is 11.5. The molecule has 0 aliphatic rings. The van der Waals surface area contributed by atoms with Crippen molar-refractivity contribution in [2.45, 2.75) is 20.3 Å². The molecule has 1 rings (SSSR count). The van der Waals surface area contributed by atoms with Crippen molar-refractivity contribution in [1.82, 2.24) is 0 Å². The Morgan fingerprint density at radius 2 is 2.11 bits per heavy atom. The quantitative estimate of drug-likeness (QED) is 0.694. The second kappa shape index (κ2) is 7.73. The van der Waals surface area contributed by atoms with Crippen LogP contribution in [0.5, 0.6) is 0 Å². The van der Waals surface area contributed by atoms with Gasteiger partial charge in [-0.15, -0.1) is 0 Å². The lowest BCUT2D eigenvalue weighted by molar-refractivity contribution is 0.130. The average Bonchev–Trinajstić information content (AvgIpc) is 2.37. The van der Waals surface area contributed by atoms with E-state index >= 15 is 0 Å². The summed E-state index contributed by atoms with van der Waals surface area (Å²) < 4.78 is 5.59. The van der Waals surface area contributed by atoms with E-state index in [9.17, 15) is 0 Å². The Kier molecular flexibility index (Phi) is 6.24. The summed E-state index contributed by atoms with van der Waals surface area (Å²) in [6.45, 7) is 6.78. The minimum absolute atomic E-state index is 0.690. The summed E-state index contributed by atoms with van der Waals surface area (Å²) in [5, 5.41) is 8.85. The van der Waals surface area contributed by atoms with E-state index in [0.717, 1.165) is 31.9 Å². The summed E-state index contributed by atoms with van der Waals surface area (Å²) in [5.41, 5.74) is 1.75. The van der Waals surface area contributed by atoms with Gasteiger partial charge in [0.15, 0.2) is 0 Å². The van der Waals surface area contributed by atoms with E-state index in [0.29, 0.717) is 11.5 Å². The number of nitriles is 1. The highest BCUT2D eigenvalue weighted by molar-refractivity contribution is 5.50. The van der Waals surface area contributed by atoms with Crippen LogP contribution in [-0.2, 0) is 4.74 Å². The molecule has 0 bridgehead atoms. The predicted molar refractivity (Wildman–Crippen MR) is 74.7 cm³/mol. The van der Waals surface area contributed by atoms with Gasteiger partial charge in [-0.1, -0.05) is 19.9 Å². The number of nitrogens with zero attached hydrogens (tertiary/aromatic N) is 2. The summed E-state index contributed by atoms with van der Waals surface area (Å²) in [4.78, 5) is 2.11. The molecule has 0 amide bonds. The van der Waals surface area contributed by atoms with Crippen LogP contribution in [0, 0.1) is 17.2 Å². The molecule has 0 spiro atoms. The van der Waals surface area contributed by atoms with Gasteiger partial charge in [-0.2, -0.15) is 5.26 Å². The Morgan fingerprint density at radius 1 is 1.33 bits per heavy atom. The van der Waals surface area contributed by atoms with Crippen molar-refractivity contribution in [2.75, 3.05) is 31.7 Å². The molecule has 0 saturated heterocycles. The minimum Gasteiger partial charge on any atom is -0.380 e. The van der Waals surface area contributed by atoms with Gasteiger partial charge in [0.1, 0.15) is 0 Å². The third-order valence-corrected chi connectivity index (χ3v) is 2.83. The van der Waals surface area contributed by atoms with Gasteiger partial charge in [0.05, 0.1) is 18.2 Å². The summed E-state index contributed by atoms with van der Waals surface area (Å²) in [6, 6.07) is 9.78.